The third-order valence-electron chi connectivity index (χ3n) is 6.09. The molecule has 1 spiro atoms. The largest absolute Gasteiger partial charge is 0.416 e. The number of halogens is 3. The van der Waals surface area contributed by atoms with Crippen LogP contribution in [0.25, 0.3) is 0 Å². The number of carbonyl (C=O) groups is 3. The van der Waals surface area contributed by atoms with Gasteiger partial charge < -0.3 is 10.6 Å². The highest BCUT2D eigenvalue weighted by molar-refractivity contribution is 6.10. The summed E-state index contributed by atoms with van der Waals surface area (Å²) in [6.45, 7) is 5.89. The highest BCUT2D eigenvalue weighted by Gasteiger charge is 2.53. The minimum atomic E-state index is -4.54. The number of rotatable bonds is 3. The van der Waals surface area contributed by atoms with Crippen LogP contribution in [0.3, 0.4) is 0 Å². The van der Waals surface area contributed by atoms with Gasteiger partial charge in [0.2, 0.25) is 5.91 Å². The summed E-state index contributed by atoms with van der Waals surface area (Å²) in [6, 6.07) is 3.54. The van der Waals surface area contributed by atoms with Crippen molar-refractivity contribution >= 4 is 23.5 Å². The van der Waals surface area contributed by atoms with Crippen molar-refractivity contribution in [2.45, 2.75) is 58.2 Å². The number of alkyl halides is 3. The fraction of sp³-hybridized carbons (Fsp3) is 0.571. The van der Waals surface area contributed by atoms with Gasteiger partial charge in [-0.15, -0.1) is 0 Å². The summed E-state index contributed by atoms with van der Waals surface area (Å²) in [5.74, 6) is -0.747. The first kappa shape index (κ1) is 22.1. The van der Waals surface area contributed by atoms with E-state index in [0.29, 0.717) is 18.8 Å². The van der Waals surface area contributed by atoms with Crippen LogP contribution in [0.4, 0.5) is 23.7 Å². The molecule has 2 N–H and O–H groups in total. The highest BCUT2D eigenvalue weighted by Crippen LogP contribution is 2.43. The Morgan fingerprint density at radius 1 is 1.20 bits per heavy atom. The molecule has 30 heavy (non-hydrogen) atoms. The maximum Gasteiger partial charge on any atom is 0.416 e. The number of nitrogens with one attached hydrogen (secondary N) is 2. The molecular formula is C21H26F3N3O3. The second-order valence-corrected chi connectivity index (χ2v) is 9.17. The van der Waals surface area contributed by atoms with Crippen LogP contribution in [0.5, 0.6) is 0 Å². The lowest BCUT2D eigenvalue weighted by Crippen LogP contribution is -2.50. The Kier molecular flexibility index (Phi) is 5.60. The lowest BCUT2D eigenvalue weighted by Gasteiger charge is -2.40. The normalized spacial score (nSPS) is 24.9. The van der Waals surface area contributed by atoms with Crippen LogP contribution in [0, 0.1) is 11.3 Å². The Morgan fingerprint density at radius 2 is 1.83 bits per heavy atom. The van der Waals surface area contributed by atoms with E-state index in [1.54, 1.807) is 0 Å². The summed E-state index contributed by atoms with van der Waals surface area (Å²) in [5, 5.41) is 5.08. The lowest BCUT2D eigenvalue weighted by atomic mass is 9.67. The first-order valence-electron chi connectivity index (χ1n) is 9.93. The van der Waals surface area contributed by atoms with Gasteiger partial charge in [-0.1, -0.05) is 26.8 Å². The molecule has 2 aliphatic rings. The minimum absolute atomic E-state index is 0.0534. The van der Waals surface area contributed by atoms with Gasteiger partial charge in [-0.05, 0) is 55.2 Å². The maximum atomic E-state index is 12.9. The number of nitrogens with zero attached hydrogens (tertiary/aromatic N) is 1. The molecule has 1 saturated heterocycles. The van der Waals surface area contributed by atoms with Crippen molar-refractivity contribution in [1.29, 1.82) is 0 Å². The van der Waals surface area contributed by atoms with Gasteiger partial charge in [0.05, 0.1) is 5.56 Å². The number of benzene rings is 1. The summed E-state index contributed by atoms with van der Waals surface area (Å²) in [6.07, 6.45) is -1.94. The zero-order chi connectivity index (χ0) is 22.3. The minimum Gasteiger partial charge on any atom is -0.325 e. The van der Waals surface area contributed by atoms with Crippen molar-refractivity contribution in [1.82, 2.24) is 10.2 Å². The van der Waals surface area contributed by atoms with Gasteiger partial charge in [0.1, 0.15) is 12.1 Å². The van der Waals surface area contributed by atoms with E-state index in [1.807, 2.05) is 0 Å². The average molecular weight is 425 g/mol. The van der Waals surface area contributed by atoms with E-state index in [9.17, 15) is 27.6 Å². The molecule has 4 amide bonds. The number of imide groups is 1. The number of amides is 4. The summed E-state index contributed by atoms with van der Waals surface area (Å²) in [7, 11) is 0. The number of carbonyl (C=O) groups excluding carboxylic acids is 3. The number of hydrogen-bond acceptors (Lipinski definition) is 3. The topological polar surface area (TPSA) is 78.5 Å². The number of anilines is 1. The number of hydrogen-bond donors (Lipinski definition) is 2. The van der Waals surface area contributed by atoms with Crippen LogP contribution in [-0.2, 0) is 15.8 Å². The van der Waals surface area contributed by atoms with Crippen LogP contribution < -0.4 is 10.6 Å². The molecule has 9 heteroatoms. The van der Waals surface area contributed by atoms with Crippen LogP contribution in [0.15, 0.2) is 24.3 Å². The molecule has 164 valence electrons. The van der Waals surface area contributed by atoms with Crippen LogP contribution in [-0.4, -0.2) is 34.8 Å². The molecule has 1 heterocycles. The Labute approximate surface area is 173 Å². The van der Waals surface area contributed by atoms with Crippen molar-refractivity contribution < 1.29 is 27.6 Å². The monoisotopic (exact) mass is 425 g/mol. The van der Waals surface area contributed by atoms with Crippen molar-refractivity contribution in [2.75, 3.05) is 11.9 Å². The molecule has 1 aliphatic carbocycles. The quantitative estimate of drug-likeness (QED) is 0.714. The third-order valence-corrected chi connectivity index (χ3v) is 6.09. The van der Waals surface area contributed by atoms with E-state index in [1.165, 1.54) is 12.1 Å². The van der Waals surface area contributed by atoms with Crippen LogP contribution in [0.2, 0.25) is 0 Å². The third kappa shape index (κ3) is 4.44. The molecule has 1 aromatic rings. The maximum absolute atomic E-state index is 12.9. The summed E-state index contributed by atoms with van der Waals surface area (Å²) >= 11 is 0. The van der Waals surface area contributed by atoms with Gasteiger partial charge in [0.25, 0.3) is 5.91 Å². The smallest absolute Gasteiger partial charge is 0.325 e. The predicted octanol–water partition coefficient (Wildman–Crippen LogP) is 4.17. The molecule has 1 aromatic carbocycles. The molecule has 0 unspecified atom stereocenters. The van der Waals surface area contributed by atoms with Gasteiger partial charge in [0, 0.05) is 5.69 Å². The standard InChI is InChI=1S/C21H26F3N3O3/c1-19(2,3)13-7-9-20(10-8-13)17(29)27(18(30)26-20)12-16(28)25-15-6-4-5-14(11-15)21(22,23)24/h4-6,11,13H,7-10,12H2,1-3H3,(H,25,28)(H,26,30). The Balaban J connectivity index is 1.64. The van der Waals surface area contributed by atoms with Crippen molar-refractivity contribution in [3.8, 4) is 0 Å². The van der Waals surface area contributed by atoms with Gasteiger partial charge in [-0.3, -0.25) is 14.5 Å². The average Bonchev–Trinajstić information content (AvgIpc) is 2.85. The van der Waals surface area contributed by atoms with Crippen molar-refractivity contribution in [2.24, 2.45) is 11.3 Å². The van der Waals surface area contributed by atoms with Crippen molar-refractivity contribution in [3.05, 3.63) is 29.8 Å². The Morgan fingerprint density at radius 3 is 2.40 bits per heavy atom. The van der Waals surface area contributed by atoms with Crippen LogP contribution in [0.1, 0.15) is 52.0 Å². The molecule has 3 rings (SSSR count). The molecule has 0 bridgehead atoms. The van der Waals surface area contributed by atoms with E-state index in [2.05, 4.69) is 31.4 Å². The zero-order valence-corrected chi connectivity index (χ0v) is 17.2. The Bertz CT molecular complexity index is 853. The Hall–Kier alpha value is -2.58. The highest BCUT2D eigenvalue weighted by atomic mass is 19.4. The molecule has 2 fully saturated rings. The van der Waals surface area contributed by atoms with Gasteiger partial charge in [-0.2, -0.15) is 13.2 Å². The molecule has 6 nitrogen and oxygen atoms in total. The van der Waals surface area contributed by atoms with Gasteiger partial charge >= 0.3 is 12.2 Å². The first-order valence-corrected chi connectivity index (χ1v) is 9.93. The number of urea groups is 1. The molecule has 0 aromatic heterocycles. The fourth-order valence-electron chi connectivity index (χ4n) is 4.25. The van der Waals surface area contributed by atoms with Crippen molar-refractivity contribution in [3.63, 3.8) is 0 Å². The van der Waals surface area contributed by atoms with E-state index in [0.717, 1.165) is 29.9 Å². The van der Waals surface area contributed by atoms with E-state index in [-0.39, 0.29) is 11.1 Å². The molecular weight excluding hydrogens is 399 g/mol. The summed E-state index contributed by atoms with van der Waals surface area (Å²) in [4.78, 5) is 38.5. The second kappa shape index (κ2) is 7.59. The van der Waals surface area contributed by atoms with Crippen LogP contribution >= 0.6 is 0 Å². The first-order chi connectivity index (χ1) is 13.8. The van der Waals surface area contributed by atoms with Gasteiger partial charge in [0.15, 0.2) is 0 Å². The lowest BCUT2D eigenvalue weighted by molar-refractivity contribution is -0.137. The van der Waals surface area contributed by atoms with E-state index in [4.69, 9.17) is 0 Å². The fourth-order valence-corrected chi connectivity index (χ4v) is 4.25. The summed E-state index contributed by atoms with van der Waals surface area (Å²) in [5.41, 5.74) is -1.83. The molecule has 1 aliphatic heterocycles. The predicted molar refractivity (Wildman–Crippen MR) is 104 cm³/mol. The molecule has 0 radical (unpaired) electrons. The summed E-state index contributed by atoms with van der Waals surface area (Å²) < 4.78 is 38.5. The zero-order valence-electron chi connectivity index (χ0n) is 17.2. The molecule has 0 atom stereocenters. The van der Waals surface area contributed by atoms with E-state index < -0.39 is 41.7 Å². The molecule has 1 saturated carbocycles. The van der Waals surface area contributed by atoms with Gasteiger partial charge in [-0.25, -0.2) is 4.79 Å². The second-order valence-electron chi connectivity index (χ2n) is 9.17. The SMILES string of the molecule is CC(C)(C)C1CCC2(CC1)NC(=O)N(CC(=O)Nc1cccc(C(F)(F)F)c1)C2=O. The van der Waals surface area contributed by atoms with E-state index >= 15 is 0 Å².